The number of halogens is 1. The van der Waals surface area contributed by atoms with Crippen molar-refractivity contribution < 1.29 is 4.79 Å². The largest absolute Gasteiger partial charge is 0.354 e. The quantitative estimate of drug-likeness (QED) is 0.679. The highest BCUT2D eigenvalue weighted by atomic mass is 35.5. The lowest BCUT2D eigenvalue weighted by Gasteiger charge is -2.28. The van der Waals surface area contributed by atoms with Crippen molar-refractivity contribution in [3.63, 3.8) is 0 Å². The molecule has 0 aliphatic heterocycles. The van der Waals surface area contributed by atoms with Gasteiger partial charge in [-0.05, 0) is 19.5 Å². The average molecular weight is 207 g/mol. The Morgan fingerprint density at radius 1 is 1.46 bits per heavy atom. The molecule has 0 saturated carbocycles. The summed E-state index contributed by atoms with van der Waals surface area (Å²) in [6, 6.07) is 0. The Bertz CT molecular complexity index is 169. The zero-order chi connectivity index (χ0) is 10.5. The molecule has 0 aromatic rings. The number of hydrogen-bond donors (Lipinski definition) is 1. The van der Waals surface area contributed by atoms with Crippen molar-refractivity contribution >= 4 is 17.5 Å². The van der Waals surface area contributed by atoms with Crippen LogP contribution >= 0.6 is 11.6 Å². The van der Waals surface area contributed by atoms with Crippen molar-refractivity contribution in [2.45, 2.75) is 13.8 Å². The minimum Gasteiger partial charge on any atom is -0.354 e. The third-order valence-corrected chi connectivity index (χ3v) is 1.87. The third-order valence-electron chi connectivity index (χ3n) is 1.63. The standard InChI is InChI=1S/C9H19ClN2O/c1-9(2,7-12(3)4)6-11-8(13)5-10/h5-7H2,1-4H3,(H,11,13). The number of hydrogen-bond acceptors (Lipinski definition) is 2. The molecular weight excluding hydrogens is 188 g/mol. The fourth-order valence-corrected chi connectivity index (χ4v) is 1.39. The summed E-state index contributed by atoms with van der Waals surface area (Å²) in [4.78, 5) is 13.0. The van der Waals surface area contributed by atoms with Crippen molar-refractivity contribution in [1.29, 1.82) is 0 Å². The third kappa shape index (κ3) is 6.84. The van der Waals surface area contributed by atoms with E-state index in [9.17, 15) is 4.79 Å². The molecule has 0 unspecified atom stereocenters. The monoisotopic (exact) mass is 206 g/mol. The van der Waals surface area contributed by atoms with Gasteiger partial charge in [0.2, 0.25) is 5.91 Å². The first-order valence-electron chi connectivity index (χ1n) is 4.35. The van der Waals surface area contributed by atoms with Gasteiger partial charge >= 0.3 is 0 Å². The van der Waals surface area contributed by atoms with Gasteiger partial charge in [0.15, 0.2) is 0 Å². The second-order valence-electron chi connectivity index (χ2n) is 4.31. The molecule has 0 aliphatic carbocycles. The molecule has 0 rings (SSSR count). The topological polar surface area (TPSA) is 32.3 Å². The maximum atomic E-state index is 10.9. The number of carbonyl (C=O) groups is 1. The molecule has 1 N–H and O–H groups in total. The first-order valence-corrected chi connectivity index (χ1v) is 4.88. The Morgan fingerprint density at radius 3 is 2.38 bits per heavy atom. The van der Waals surface area contributed by atoms with Crippen molar-refractivity contribution in [3.05, 3.63) is 0 Å². The van der Waals surface area contributed by atoms with Crippen LogP contribution in [0.1, 0.15) is 13.8 Å². The van der Waals surface area contributed by atoms with E-state index in [4.69, 9.17) is 11.6 Å². The molecule has 0 fully saturated rings. The summed E-state index contributed by atoms with van der Waals surface area (Å²) < 4.78 is 0. The molecule has 4 heteroatoms. The molecule has 0 spiro atoms. The normalized spacial score (nSPS) is 11.8. The molecule has 0 bridgehead atoms. The summed E-state index contributed by atoms with van der Waals surface area (Å²) in [5, 5.41) is 2.78. The Morgan fingerprint density at radius 2 is 2.00 bits per heavy atom. The number of nitrogens with zero attached hydrogens (tertiary/aromatic N) is 1. The van der Waals surface area contributed by atoms with E-state index < -0.39 is 0 Å². The van der Waals surface area contributed by atoms with Gasteiger partial charge in [-0.3, -0.25) is 4.79 Å². The molecule has 13 heavy (non-hydrogen) atoms. The molecule has 0 radical (unpaired) electrons. The summed E-state index contributed by atoms with van der Waals surface area (Å²) in [5.41, 5.74) is 0.0885. The van der Waals surface area contributed by atoms with E-state index in [-0.39, 0.29) is 17.2 Å². The van der Waals surface area contributed by atoms with Gasteiger partial charge in [-0.1, -0.05) is 13.8 Å². The van der Waals surface area contributed by atoms with Gasteiger partial charge in [0.25, 0.3) is 0 Å². The predicted molar refractivity (Wildman–Crippen MR) is 56.1 cm³/mol. The predicted octanol–water partition coefficient (Wildman–Crippen LogP) is 0.929. The van der Waals surface area contributed by atoms with Crippen LogP contribution in [0.4, 0.5) is 0 Å². The summed E-state index contributed by atoms with van der Waals surface area (Å²) in [7, 11) is 4.04. The lowest BCUT2D eigenvalue weighted by molar-refractivity contribution is -0.119. The lowest BCUT2D eigenvalue weighted by atomic mass is 9.93. The van der Waals surface area contributed by atoms with Gasteiger partial charge in [0.1, 0.15) is 5.88 Å². The van der Waals surface area contributed by atoms with Crippen LogP contribution in [0, 0.1) is 5.41 Å². The maximum Gasteiger partial charge on any atom is 0.234 e. The van der Waals surface area contributed by atoms with Crippen LogP contribution in [-0.4, -0.2) is 43.9 Å². The van der Waals surface area contributed by atoms with E-state index in [0.29, 0.717) is 6.54 Å². The van der Waals surface area contributed by atoms with Crippen molar-refractivity contribution in [2.75, 3.05) is 33.1 Å². The first kappa shape index (κ1) is 12.7. The fraction of sp³-hybridized carbons (Fsp3) is 0.889. The summed E-state index contributed by atoms with van der Waals surface area (Å²) in [5.74, 6) is -0.0635. The number of carbonyl (C=O) groups excluding carboxylic acids is 1. The van der Waals surface area contributed by atoms with Crippen molar-refractivity contribution in [3.8, 4) is 0 Å². The minimum atomic E-state index is -0.103. The average Bonchev–Trinajstić information content (AvgIpc) is 1.98. The molecule has 0 aliphatic rings. The molecule has 0 aromatic carbocycles. The zero-order valence-electron chi connectivity index (χ0n) is 8.85. The Hall–Kier alpha value is -0.280. The molecule has 0 aromatic heterocycles. The van der Waals surface area contributed by atoms with Gasteiger partial charge in [0, 0.05) is 13.1 Å². The SMILES string of the molecule is CN(C)CC(C)(C)CNC(=O)CCl. The van der Waals surface area contributed by atoms with Gasteiger partial charge in [-0.15, -0.1) is 11.6 Å². The highest BCUT2D eigenvalue weighted by molar-refractivity contribution is 6.27. The first-order chi connectivity index (χ1) is 5.87. The smallest absolute Gasteiger partial charge is 0.234 e. The Labute approximate surface area is 85.4 Å². The number of nitrogens with one attached hydrogen (secondary N) is 1. The lowest BCUT2D eigenvalue weighted by Crippen LogP contribution is -2.40. The molecule has 78 valence electrons. The van der Waals surface area contributed by atoms with E-state index in [2.05, 4.69) is 24.1 Å². The van der Waals surface area contributed by atoms with E-state index in [0.717, 1.165) is 6.54 Å². The van der Waals surface area contributed by atoms with Gasteiger partial charge in [-0.25, -0.2) is 0 Å². The molecule has 0 atom stereocenters. The van der Waals surface area contributed by atoms with Crippen LogP contribution < -0.4 is 5.32 Å². The fourth-order valence-electron chi connectivity index (χ4n) is 1.30. The highest BCUT2D eigenvalue weighted by Gasteiger charge is 2.19. The zero-order valence-corrected chi connectivity index (χ0v) is 9.61. The summed E-state index contributed by atoms with van der Waals surface area (Å²) in [6.45, 7) is 5.83. The van der Waals surface area contributed by atoms with Crippen LogP contribution in [-0.2, 0) is 4.79 Å². The second kappa shape index (κ2) is 5.45. The van der Waals surface area contributed by atoms with E-state index in [1.165, 1.54) is 0 Å². The molecule has 0 saturated heterocycles. The van der Waals surface area contributed by atoms with Gasteiger partial charge in [-0.2, -0.15) is 0 Å². The molecule has 3 nitrogen and oxygen atoms in total. The molecule has 1 amide bonds. The van der Waals surface area contributed by atoms with Gasteiger partial charge in [0.05, 0.1) is 0 Å². The number of rotatable bonds is 5. The van der Waals surface area contributed by atoms with Gasteiger partial charge < -0.3 is 10.2 Å². The van der Waals surface area contributed by atoms with Crippen molar-refractivity contribution in [1.82, 2.24) is 10.2 Å². The maximum absolute atomic E-state index is 10.9. The van der Waals surface area contributed by atoms with E-state index in [1.807, 2.05) is 14.1 Å². The Kier molecular flexibility index (Phi) is 5.33. The van der Waals surface area contributed by atoms with Crippen LogP contribution in [0.3, 0.4) is 0 Å². The molecular formula is C9H19ClN2O. The van der Waals surface area contributed by atoms with Crippen LogP contribution in [0.15, 0.2) is 0 Å². The number of alkyl halides is 1. The molecule has 0 heterocycles. The van der Waals surface area contributed by atoms with Crippen molar-refractivity contribution in [2.24, 2.45) is 5.41 Å². The van der Waals surface area contributed by atoms with E-state index >= 15 is 0 Å². The Balaban J connectivity index is 3.81. The van der Waals surface area contributed by atoms with Crippen LogP contribution in [0.5, 0.6) is 0 Å². The minimum absolute atomic E-state index is 0.0397. The van der Waals surface area contributed by atoms with E-state index in [1.54, 1.807) is 0 Å². The van der Waals surface area contributed by atoms with Crippen LogP contribution in [0.2, 0.25) is 0 Å². The van der Waals surface area contributed by atoms with Crippen LogP contribution in [0.25, 0.3) is 0 Å². The highest BCUT2D eigenvalue weighted by Crippen LogP contribution is 2.13. The second-order valence-corrected chi connectivity index (χ2v) is 4.58. The summed E-state index contributed by atoms with van der Waals surface area (Å²) in [6.07, 6.45) is 0. The number of amides is 1. The summed E-state index contributed by atoms with van der Waals surface area (Å²) >= 11 is 5.36.